The Morgan fingerprint density at radius 2 is 2.04 bits per heavy atom. The number of benzene rings is 1. The standard InChI is InChI=1S/C18H20N2O3/c1-12-14(18(21)23-3)7-8-17(19-12)20-10-9-15-13(11-20)5-4-6-16(15)22-2/h4-8H,9-11H2,1-3H3. The van der Waals surface area contributed by atoms with Crippen molar-refractivity contribution in [3.63, 3.8) is 0 Å². The molecular weight excluding hydrogens is 292 g/mol. The second-order valence-corrected chi connectivity index (χ2v) is 5.56. The number of anilines is 1. The second-order valence-electron chi connectivity index (χ2n) is 5.56. The largest absolute Gasteiger partial charge is 0.496 e. The minimum atomic E-state index is -0.352. The molecule has 0 saturated heterocycles. The van der Waals surface area contributed by atoms with Gasteiger partial charge in [0.25, 0.3) is 0 Å². The summed E-state index contributed by atoms with van der Waals surface area (Å²) in [6.45, 7) is 3.49. The molecule has 2 heterocycles. The quantitative estimate of drug-likeness (QED) is 0.816. The number of methoxy groups -OCH3 is 2. The van der Waals surface area contributed by atoms with Crippen LogP contribution < -0.4 is 9.64 Å². The lowest BCUT2D eigenvalue weighted by atomic mass is 9.98. The van der Waals surface area contributed by atoms with Crippen LogP contribution in [0.4, 0.5) is 5.82 Å². The van der Waals surface area contributed by atoms with Crippen molar-refractivity contribution in [1.82, 2.24) is 4.98 Å². The first-order valence-electron chi connectivity index (χ1n) is 7.59. The summed E-state index contributed by atoms with van der Waals surface area (Å²) in [6.07, 6.45) is 0.916. The van der Waals surface area contributed by atoms with E-state index in [1.54, 1.807) is 13.2 Å². The van der Waals surface area contributed by atoms with Gasteiger partial charge in [-0.05, 0) is 37.1 Å². The monoisotopic (exact) mass is 312 g/mol. The highest BCUT2D eigenvalue weighted by Gasteiger charge is 2.21. The van der Waals surface area contributed by atoms with E-state index in [0.717, 1.165) is 31.1 Å². The normalized spacial score (nSPS) is 13.4. The summed E-state index contributed by atoms with van der Waals surface area (Å²) >= 11 is 0. The molecule has 1 aliphatic heterocycles. The van der Waals surface area contributed by atoms with Gasteiger partial charge in [0, 0.05) is 18.7 Å². The smallest absolute Gasteiger partial charge is 0.339 e. The van der Waals surface area contributed by atoms with Gasteiger partial charge in [0.2, 0.25) is 0 Å². The second kappa shape index (κ2) is 6.28. The van der Waals surface area contributed by atoms with Gasteiger partial charge in [-0.15, -0.1) is 0 Å². The fourth-order valence-corrected chi connectivity index (χ4v) is 3.01. The zero-order chi connectivity index (χ0) is 16.4. The highest BCUT2D eigenvalue weighted by molar-refractivity contribution is 5.90. The number of esters is 1. The van der Waals surface area contributed by atoms with Crippen LogP contribution in [0.25, 0.3) is 0 Å². The van der Waals surface area contributed by atoms with E-state index >= 15 is 0 Å². The maximum atomic E-state index is 11.7. The fourth-order valence-electron chi connectivity index (χ4n) is 3.01. The zero-order valence-corrected chi connectivity index (χ0v) is 13.6. The Kier molecular flexibility index (Phi) is 4.19. The first-order valence-corrected chi connectivity index (χ1v) is 7.59. The lowest BCUT2D eigenvalue weighted by Gasteiger charge is -2.31. The molecule has 23 heavy (non-hydrogen) atoms. The fraction of sp³-hybridized carbons (Fsp3) is 0.333. The number of hydrogen-bond donors (Lipinski definition) is 0. The highest BCUT2D eigenvalue weighted by atomic mass is 16.5. The van der Waals surface area contributed by atoms with Gasteiger partial charge in [-0.1, -0.05) is 12.1 Å². The number of aromatic nitrogens is 1. The number of pyridine rings is 1. The van der Waals surface area contributed by atoms with Gasteiger partial charge in [0.1, 0.15) is 11.6 Å². The lowest BCUT2D eigenvalue weighted by molar-refractivity contribution is 0.0599. The molecule has 0 spiro atoms. The Morgan fingerprint density at radius 1 is 1.22 bits per heavy atom. The molecule has 0 unspecified atom stereocenters. The molecule has 1 aromatic heterocycles. The molecule has 1 aliphatic rings. The van der Waals surface area contributed by atoms with Crippen LogP contribution >= 0.6 is 0 Å². The third-order valence-corrected chi connectivity index (χ3v) is 4.24. The zero-order valence-electron chi connectivity index (χ0n) is 13.6. The molecule has 0 N–H and O–H groups in total. The number of nitrogens with zero attached hydrogens (tertiary/aromatic N) is 2. The molecule has 0 saturated carbocycles. The van der Waals surface area contributed by atoms with Crippen LogP contribution in [0.5, 0.6) is 5.75 Å². The number of rotatable bonds is 3. The summed E-state index contributed by atoms with van der Waals surface area (Å²) in [5.74, 6) is 1.48. The molecule has 0 bridgehead atoms. The van der Waals surface area contributed by atoms with Gasteiger partial charge in [-0.25, -0.2) is 9.78 Å². The summed E-state index contributed by atoms with van der Waals surface area (Å²) < 4.78 is 10.2. The third kappa shape index (κ3) is 2.86. The van der Waals surface area contributed by atoms with E-state index in [1.165, 1.54) is 18.2 Å². The average molecular weight is 312 g/mol. The Balaban J connectivity index is 1.86. The van der Waals surface area contributed by atoms with Crippen molar-refractivity contribution >= 4 is 11.8 Å². The number of hydrogen-bond acceptors (Lipinski definition) is 5. The van der Waals surface area contributed by atoms with Gasteiger partial charge in [-0.3, -0.25) is 0 Å². The predicted molar refractivity (Wildman–Crippen MR) is 88.1 cm³/mol. The Bertz CT molecular complexity index is 743. The van der Waals surface area contributed by atoms with E-state index < -0.39 is 0 Å². The molecule has 0 aliphatic carbocycles. The van der Waals surface area contributed by atoms with Crippen LogP contribution in [0, 0.1) is 6.92 Å². The molecule has 0 radical (unpaired) electrons. The molecule has 3 rings (SSSR count). The molecular formula is C18H20N2O3. The molecule has 0 fully saturated rings. The molecule has 0 atom stereocenters. The van der Waals surface area contributed by atoms with Crippen LogP contribution in [-0.4, -0.2) is 31.7 Å². The van der Waals surface area contributed by atoms with Gasteiger partial charge >= 0.3 is 5.97 Å². The Labute approximate surface area is 135 Å². The van der Waals surface area contributed by atoms with Crippen molar-refractivity contribution in [2.75, 3.05) is 25.7 Å². The SMILES string of the molecule is COC(=O)c1ccc(N2CCc3c(cccc3OC)C2)nc1C. The summed E-state index contributed by atoms with van der Waals surface area (Å²) in [5.41, 5.74) is 3.72. The highest BCUT2D eigenvalue weighted by Crippen LogP contribution is 2.30. The Morgan fingerprint density at radius 3 is 2.74 bits per heavy atom. The third-order valence-electron chi connectivity index (χ3n) is 4.24. The number of fused-ring (bicyclic) bond motifs is 1. The molecule has 5 heteroatoms. The van der Waals surface area contributed by atoms with Crippen molar-refractivity contribution in [3.8, 4) is 5.75 Å². The van der Waals surface area contributed by atoms with Crippen LogP contribution in [0.1, 0.15) is 27.2 Å². The van der Waals surface area contributed by atoms with E-state index in [1.807, 2.05) is 25.1 Å². The van der Waals surface area contributed by atoms with Gasteiger partial charge in [0.15, 0.2) is 0 Å². The summed E-state index contributed by atoms with van der Waals surface area (Å²) in [6, 6.07) is 9.80. The number of carbonyl (C=O) groups is 1. The number of ether oxygens (including phenoxy) is 2. The lowest BCUT2D eigenvalue weighted by Crippen LogP contribution is -2.31. The maximum absolute atomic E-state index is 11.7. The number of aryl methyl sites for hydroxylation is 1. The van der Waals surface area contributed by atoms with E-state index in [4.69, 9.17) is 9.47 Å². The van der Waals surface area contributed by atoms with E-state index in [2.05, 4.69) is 16.0 Å². The van der Waals surface area contributed by atoms with Crippen LogP contribution in [-0.2, 0) is 17.7 Å². The average Bonchev–Trinajstić information content (AvgIpc) is 2.59. The predicted octanol–water partition coefficient (Wildman–Crippen LogP) is 2.75. The van der Waals surface area contributed by atoms with Crippen LogP contribution in [0.3, 0.4) is 0 Å². The number of carbonyl (C=O) groups excluding carboxylic acids is 1. The Hall–Kier alpha value is -2.56. The summed E-state index contributed by atoms with van der Waals surface area (Å²) in [4.78, 5) is 18.5. The van der Waals surface area contributed by atoms with Crippen molar-refractivity contribution in [2.45, 2.75) is 19.9 Å². The van der Waals surface area contributed by atoms with Crippen molar-refractivity contribution in [1.29, 1.82) is 0 Å². The van der Waals surface area contributed by atoms with E-state index in [0.29, 0.717) is 11.3 Å². The van der Waals surface area contributed by atoms with E-state index in [-0.39, 0.29) is 5.97 Å². The van der Waals surface area contributed by atoms with Crippen molar-refractivity contribution < 1.29 is 14.3 Å². The minimum Gasteiger partial charge on any atom is -0.496 e. The summed E-state index contributed by atoms with van der Waals surface area (Å²) in [5, 5.41) is 0. The minimum absolute atomic E-state index is 0.352. The molecule has 5 nitrogen and oxygen atoms in total. The van der Waals surface area contributed by atoms with Gasteiger partial charge in [-0.2, -0.15) is 0 Å². The summed E-state index contributed by atoms with van der Waals surface area (Å²) in [7, 11) is 3.09. The van der Waals surface area contributed by atoms with Crippen molar-refractivity contribution in [3.05, 3.63) is 52.7 Å². The van der Waals surface area contributed by atoms with Gasteiger partial charge in [0.05, 0.1) is 25.5 Å². The molecule has 120 valence electrons. The van der Waals surface area contributed by atoms with Crippen LogP contribution in [0.2, 0.25) is 0 Å². The topological polar surface area (TPSA) is 51.7 Å². The molecule has 0 amide bonds. The van der Waals surface area contributed by atoms with Crippen LogP contribution in [0.15, 0.2) is 30.3 Å². The molecule has 2 aromatic rings. The van der Waals surface area contributed by atoms with Crippen molar-refractivity contribution in [2.24, 2.45) is 0 Å². The van der Waals surface area contributed by atoms with Gasteiger partial charge < -0.3 is 14.4 Å². The first kappa shape index (κ1) is 15.3. The molecule has 1 aromatic carbocycles. The maximum Gasteiger partial charge on any atom is 0.339 e. The first-order chi connectivity index (χ1) is 11.1. The van der Waals surface area contributed by atoms with E-state index in [9.17, 15) is 4.79 Å².